The standard InChI is InChI=1S/C9H16N2O4/c1-4(2)7(10)8(14)5(9(11)15)3-6(12)13/h4-5,7H,3,10H2,1-2H3,(H2,11,15)(H,12,13)/t5-,7-/m0/s1. The van der Waals surface area contributed by atoms with Gasteiger partial charge in [-0.2, -0.15) is 0 Å². The summed E-state index contributed by atoms with van der Waals surface area (Å²) in [6, 6.07) is -0.859. The molecular formula is C9H16N2O4. The molecule has 5 N–H and O–H groups in total. The van der Waals surface area contributed by atoms with Crippen molar-refractivity contribution in [3.8, 4) is 0 Å². The molecule has 0 rings (SSSR count). The molecule has 0 aromatic carbocycles. The fourth-order valence-electron chi connectivity index (χ4n) is 1.08. The fraction of sp³-hybridized carbons (Fsp3) is 0.667. The number of hydrogen-bond acceptors (Lipinski definition) is 4. The van der Waals surface area contributed by atoms with Crippen molar-refractivity contribution in [1.82, 2.24) is 0 Å². The maximum absolute atomic E-state index is 11.6. The van der Waals surface area contributed by atoms with E-state index in [0.717, 1.165) is 0 Å². The van der Waals surface area contributed by atoms with E-state index < -0.39 is 36.0 Å². The van der Waals surface area contributed by atoms with Gasteiger partial charge in [0.25, 0.3) is 0 Å². The molecule has 0 saturated carbocycles. The average molecular weight is 216 g/mol. The Hall–Kier alpha value is -1.43. The van der Waals surface area contributed by atoms with Gasteiger partial charge in [-0.15, -0.1) is 0 Å². The molecule has 0 heterocycles. The van der Waals surface area contributed by atoms with Crippen LogP contribution in [0.4, 0.5) is 0 Å². The normalized spacial score (nSPS) is 14.7. The van der Waals surface area contributed by atoms with E-state index >= 15 is 0 Å². The number of primary amides is 1. The van der Waals surface area contributed by atoms with Crippen LogP contribution in [0.15, 0.2) is 0 Å². The van der Waals surface area contributed by atoms with E-state index in [9.17, 15) is 14.4 Å². The van der Waals surface area contributed by atoms with E-state index in [1.807, 2.05) is 0 Å². The minimum absolute atomic E-state index is 0.159. The van der Waals surface area contributed by atoms with Crippen molar-refractivity contribution in [3.05, 3.63) is 0 Å². The van der Waals surface area contributed by atoms with Gasteiger partial charge in [0.15, 0.2) is 5.78 Å². The second-order valence-electron chi connectivity index (χ2n) is 3.72. The van der Waals surface area contributed by atoms with E-state index in [0.29, 0.717) is 0 Å². The summed E-state index contributed by atoms with van der Waals surface area (Å²) >= 11 is 0. The van der Waals surface area contributed by atoms with Crippen molar-refractivity contribution in [2.45, 2.75) is 26.3 Å². The number of nitrogens with two attached hydrogens (primary N) is 2. The Balaban J connectivity index is 4.70. The van der Waals surface area contributed by atoms with E-state index in [4.69, 9.17) is 16.6 Å². The first-order valence-corrected chi connectivity index (χ1v) is 4.57. The van der Waals surface area contributed by atoms with Crippen molar-refractivity contribution >= 4 is 17.7 Å². The van der Waals surface area contributed by atoms with E-state index in [1.54, 1.807) is 13.8 Å². The molecule has 15 heavy (non-hydrogen) atoms. The summed E-state index contributed by atoms with van der Waals surface area (Å²) in [5.41, 5.74) is 10.5. The first kappa shape index (κ1) is 13.6. The zero-order chi connectivity index (χ0) is 12.2. The minimum Gasteiger partial charge on any atom is -0.481 e. The summed E-state index contributed by atoms with van der Waals surface area (Å²) in [4.78, 5) is 32.9. The van der Waals surface area contributed by atoms with Crippen LogP contribution >= 0.6 is 0 Å². The quantitative estimate of drug-likeness (QED) is 0.497. The Labute approximate surface area is 87.6 Å². The SMILES string of the molecule is CC(C)[C@H](N)C(=O)[C@H](CC(=O)O)C(N)=O. The monoisotopic (exact) mass is 216 g/mol. The number of aliphatic carboxylic acids is 1. The highest BCUT2D eigenvalue weighted by atomic mass is 16.4. The highest BCUT2D eigenvalue weighted by Crippen LogP contribution is 2.11. The molecule has 0 unspecified atom stereocenters. The lowest BCUT2D eigenvalue weighted by atomic mass is 9.89. The lowest BCUT2D eigenvalue weighted by molar-refractivity contribution is -0.144. The van der Waals surface area contributed by atoms with Crippen LogP contribution in [-0.2, 0) is 14.4 Å². The molecule has 0 saturated heterocycles. The molecule has 0 fully saturated rings. The predicted octanol–water partition coefficient (Wildman–Crippen LogP) is -0.885. The third kappa shape index (κ3) is 4.07. The fourth-order valence-corrected chi connectivity index (χ4v) is 1.08. The first-order valence-electron chi connectivity index (χ1n) is 4.57. The predicted molar refractivity (Wildman–Crippen MR) is 52.8 cm³/mol. The van der Waals surface area contributed by atoms with Gasteiger partial charge in [0, 0.05) is 0 Å². The highest BCUT2D eigenvalue weighted by molar-refractivity contribution is 6.05. The molecule has 0 aromatic rings. The molecule has 6 nitrogen and oxygen atoms in total. The van der Waals surface area contributed by atoms with Gasteiger partial charge in [0.2, 0.25) is 5.91 Å². The summed E-state index contributed by atoms with van der Waals surface area (Å²) in [7, 11) is 0. The lowest BCUT2D eigenvalue weighted by Gasteiger charge is -2.18. The second kappa shape index (κ2) is 5.45. The van der Waals surface area contributed by atoms with Gasteiger partial charge in [-0.3, -0.25) is 14.4 Å². The van der Waals surface area contributed by atoms with Crippen molar-refractivity contribution in [3.63, 3.8) is 0 Å². The van der Waals surface area contributed by atoms with Crippen molar-refractivity contribution in [2.24, 2.45) is 23.3 Å². The molecule has 0 bridgehead atoms. The van der Waals surface area contributed by atoms with Crippen LogP contribution in [0.5, 0.6) is 0 Å². The van der Waals surface area contributed by atoms with Crippen LogP contribution in [0, 0.1) is 11.8 Å². The van der Waals surface area contributed by atoms with Crippen LogP contribution in [-0.4, -0.2) is 28.8 Å². The van der Waals surface area contributed by atoms with Gasteiger partial charge in [-0.1, -0.05) is 13.8 Å². The largest absolute Gasteiger partial charge is 0.481 e. The number of carbonyl (C=O) groups is 3. The molecule has 0 aliphatic carbocycles. The number of rotatable bonds is 6. The molecule has 86 valence electrons. The lowest BCUT2D eigenvalue weighted by Crippen LogP contribution is -2.44. The smallest absolute Gasteiger partial charge is 0.304 e. The summed E-state index contributed by atoms with van der Waals surface area (Å²) < 4.78 is 0. The molecule has 2 atom stereocenters. The maximum atomic E-state index is 11.6. The van der Waals surface area contributed by atoms with Crippen LogP contribution in [0.3, 0.4) is 0 Å². The van der Waals surface area contributed by atoms with Crippen LogP contribution < -0.4 is 11.5 Å². The second-order valence-corrected chi connectivity index (χ2v) is 3.72. The molecule has 0 radical (unpaired) electrons. The van der Waals surface area contributed by atoms with Gasteiger partial charge in [0.05, 0.1) is 12.5 Å². The number of carbonyl (C=O) groups excluding carboxylic acids is 2. The third-order valence-corrected chi connectivity index (χ3v) is 2.11. The van der Waals surface area contributed by atoms with Crippen molar-refractivity contribution < 1.29 is 19.5 Å². The van der Waals surface area contributed by atoms with Gasteiger partial charge in [0.1, 0.15) is 5.92 Å². The Kier molecular flexibility index (Phi) is 4.93. The van der Waals surface area contributed by atoms with E-state index in [1.165, 1.54) is 0 Å². The average Bonchev–Trinajstić information content (AvgIpc) is 2.10. The first-order chi connectivity index (χ1) is 6.77. The highest BCUT2D eigenvalue weighted by Gasteiger charge is 2.32. The topological polar surface area (TPSA) is 123 Å². The molecule has 1 amide bonds. The Morgan fingerprint density at radius 3 is 2.00 bits per heavy atom. The van der Waals surface area contributed by atoms with Crippen LogP contribution in [0.25, 0.3) is 0 Å². The number of carboxylic acids is 1. The van der Waals surface area contributed by atoms with Gasteiger partial charge in [-0.25, -0.2) is 0 Å². The molecular weight excluding hydrogens is 200 g/mol. The number of amides is 1. The van der Waals surface area contributed by atoms with Crippen molar-refractivity contribution in [2.75, 3.05) is 0 Å². The van der Waals surface area contributed by atoms with Gasteiger partial charge < -0.3 is 16.6 Å². The summed E-state index contributed by atoms with van der Waals surface area (Å²) in [5.74, 6) is -4.30. The van der Waals surface area contributed by atoms with E-state index in [-0.39, 0.29) is 5.92 Å². The molecule has 0 aliphatic rings. The van der Waals surface area contributed by atoms with Crippen LogP contribution in [0.1, 0.15) is 20.3 Å². The van der Waals surface area contributed by atoms with E-state index in [2.05, 4.69) is 0 Å². The molecule has 0 aliphatic heterocycles. The Bertz CT molecular complexity index is 275. The van der Waals surface area contributed by atoms with Gasteiger partial charge in [-0.05, 0) is 5.92 Å². The number of carboxylic acid groups (broad SMARTS) is 1. The summed E-state index contributed by atoms with van der Waals surface area (Å²) in [6.45, 7) is 3.42. The Morgan fingerprint density at radius 1 is 1.27 bits per heavy atom. The maximum Gasteiger partial charge on any atom is 0.304 e. The summed E-state index contributed by atoms with van der Waals surface area (Å²) in [6.07, 6.45) is -0.603. The van der Waals surface area contributed by atoms with Crippen LogP contribution in [0.2, 0.25) is 0 Å². The molecule has 0 spiro atoms. The minimum atomic E-state index is -1.33. The molecule has 0 aromatic heterocycles. The summed E-state index contributed by atoms with van der Waals surface area (Å²) in [5, 5.41) is 8.50. The zero-order valence-electron chi connectivity index (χ0n) is 8.77. The zero-order valence-corrected chi connectivity index (χ0v) is 8.77. The number of ketones is 1. The Morgan fingerprint density at radius 2 is 1.73 bits per heavy atom. The third-order valence-electron chi connectivity index (χ3n) is 2.11. The number of hydrogen-bond donors (Lipinski definition) is 3. The number of Topliss-reactive ketones (excluding diaryl/α,β-unsaturated/α-hetero) is 1. The van der Waals surface area contributed by atoms with Crippen molar-refractivity contribution in [1.29, 1.82) is 0 Å². The molecule has 6 heteroatoms. The van der Waals surface area contributed by atoms with Gasteiger partial charge >= 0.3 is 5.97 Å².